The second kappa shape index (κ2) is 6.69. The van der Waals surface area contributed by atoms with Crippen LogP contribution in [0.1, 0.15) is 0 Å². The van der Waals surface area contributed by atoms with E-state index >= 15 is 0 Å². The Morgan fingerprint density at radius 1 is 1.13 bits per heavy atom. The van der Waals surface area contributed by atoms with Gasteiger partial charge in [0.1, 0.15) is 0 Å². The molecule has 0 saturated heterocycles. The Morgan fingerprint density at radius 2 is 1.91 bits per heavy atom. The number of rotatable bonds is 6. The maximum absolute atomic E-state index is 11.0. The molecule has 0 bridgehead atoms. The van der Waals surface area contributed by atoms with Crippen molar-refractivity contribution >= 4 is 32.6 Å². The van der Waals surface area contributed by atoms with Gasteiger partial charge in [0.05, 0.1) is 6.26 Å². The van der Waals surface area contributed by atoms with Crippen molar-refractivity contribution in [2.45, 2.75) is 5.22 Å². The summed E-state index contributed by atoms with van der Waals surface area (Å²) in [5.74, 6) is 0.977. The van der Waals surface area contributed by atoms with Crippen molar-refractivity contribution in [3.05, 3.63) is 42.5 Å². The van der Waals surface area contributed by atoms with Crippen LogP contribution < -0.4 is 4.72 Å². The number of thioether (sulfide) groups is 1. The van der Waals surface area contributed by atoms with Crippen molar-refractivity contribution in [3.63, 3.8) is 0 Å². The molecule has 8 heteroatoms. The normalized spacial score (nSPS) is 11.9. The minimum atomic E-state index is -3.17. The summed E-state index contributed by atoms with van der Waals surface area (Å²) in [7, 11) is -3.17. The smallest absolute Gasteiger partial charge is 0.276 e. The summed E-state index contributed by atoms with van der Waals surface area (Å²) in [5, 5.41) is 10.7. The molecule has 3 aromatic rings. The molecule has 0 radical (unpaired) electrons. The zero-order chi connectivity index (χ0) is 16.3. The Labute approximate surface area is 138 Å². The predicted molar refractivity (Wildman–Crippen MR) is 90.8 cm³/mol. The molecule has 0 aliphatic heterocycles. The van der Waals surface area contributed by atoms with Gasteiger partial charge in [-0.3, -0.25) is 0 Å². The first-order valence-corrected chi connectivity index (χ1v) is 9.80. The molecule has 1 heterocycles. The van der Waals surface area contributed by atoms with Crippen molar-refractivity contribution in [1.82, 2.24) is 14.9 Å². The van der Waals surface area contributed by atoms with E-state index < -0.39 is 10.0 Å². The van der Waals surface area contributed by atoms with Gasteiger partial charge in [0.2, 0.25) is 15.9 Å². The summed E-state index contributed by atoms with van der Waals surface area (Å²) in [6, 6.07) is 13.9. The van der Waals surface area contributed by atoms with Gasteiger partial charge in [-0.25, -0.2) is 13.1 Å². The van der Waals surface area contributed by atoms with Gasteiger partial charge in [0.25, 0.3) is 5.22 Å². The lowest BCUT2D eigenvalue weighted by molar-refractivity contribution is 0.466. The Morgan fingerprint density at radius 3 is 2.74 bits per heavy atom. The summed E-state index contributed by atoms with van der Waals surface area (Å²) in [5.41, 5.74) is 0.886. The number of sulfonamides is 1. The second-order valence-electron chi connectivity index (χ2n) is 4.91. The summed E-state index contributed by atoms with van der Waals surface area (Å²) < 4.78 is 30.1. The molecule has 3 rings (SSSR count). The summed E-state index contributed by atoms with van der Waals surface area (Å²) in [6.45, 7) is 0.315. The van der Waals surface area contributed by atoms with E-state index in [0.29, 0.717) is 23.4 Å². The van der Waals surface area contributed by atoms with Crippen LogP contribution in [0.4, 0.5) is 0 Å². The molecule has 0 aliphatic rings. The van der Waals surface area contributed by atoms with Gasteiger partial charge in [-0.2, -0.15) is 0 Å². The number of hydrogen-bond donors (Lipinski definition) is 1. The first-order valence-electron chi connectivity index (χ1n) is 6.92. The molecule has 120 valence electrons. The lowest BCUT2D eigenvalue weighted by atomic mass is 10.0. The molecule has 0 fully saturated rings. The van der Waals surface area contributed by atoms with Gasteiger partial charge in [-0.05, 0) is 16.8 Å². The number of aromatic nitrogens is 2. The molecule has 0 amide bonds. The van der Waals surface area contributed by atoms with E-state index in [2.05, 4.69) is 14.9 Å². The number of fused-ring (bicyclic) bond motifs is 1. The van der Waals surface area contributed by atoms with E-state index in [0.717, 1.165) is 22.6 Å². The van der Waals surface area contributed by atoms with Crippen LogP contribution in [0.3, 0.4) is 0 Å². The monoisotopic (exact) mass is 349 g/mol. The zero-order valence-electron chi connectivity index (χ0n) is 12.4. The van der Waals surface area contributed by atoms with Gasteiger partial charge in [-0.1, -0.05) is 48.2 Å². The first kappa shape index (κ1) is 16.0. The van der Waals surface area contributed by atoms with Crippen LogP contribution in [0.5, 0.6) is 0 Å². The summed E-state index contributed by atoms with van der Waals surface area (Å²) >= 11 is 1.31. The SMILES string of the molecule is CS(=O)(=O)NCCSc1nnc(-c2cccc3ccccc23)o1. The molecule has 2 aromatic carbocycles. The van der Waals surface area contributed by atoms with Gasteiger partial charge in [0, 0.05) is 17.9 Å². The van der Waals surface area contributed by atoms with Crippen molar-refractivity contribution in [2.24, 2.45) is 0 Å². The standard InChI is InChI=1S/C15H15N3O3S2/c1-23(19,20)16-9-10-22-15-18-17-14(21-15)13-8-4-6-11-5-2-3-7-12(11)13/h2-8,16H,9-10H2,1H3. The minimum absolute atomic E-state index is 0.315. The second-order valence-corrected chi connectivity index (χ2v) is 7.79. The third kappa shape index (κ3) is 4.10. The largest absolute Gasteiger partial charge is 0.411 e. The van der Waals surface area contributed by atoms with Crippen molar-refractivity contribution < 1.29 is 12.8 Å². The molecular formula is C15H15N3O3S2. The quantitative estimate of drug-likeness (QED) is 0.544. The molecular weight excluding hydrogens is 334 g/mol. The first-order chi connectivity index (χ1) is 11.0. The number of nitrogens with one attached hydrogen (secondary N) is 1. The highest BCUT2D eigenvalue weighted by atomic mass is 32.2. The fourth-order valence-electron chi connectivity index (χ4n) is 2.15. The van der Waals surface area contributed by atoms with Gasteiger partial charge < -0.3 is 4.42 Å². The molecule has 0 saturated carbocycles. The Balaban J connectivity index is 1.74. The highest BCUT2D eigenvalue weighted by Gasteiger charge is 2.12. The third-order valence-electron chi connectivity index (χ3n) is 3.12. The molecule has 0 aliphatic carbocycles. The van der Waals surface area contributed by atoms with Crippen LogP contribution in [-0.4, -0.2) is 37.2 Å². The number of benzene rings is 2. The average Bonchev–Trinajstić information content (AvgIpc) is 2.99. The number of nitrogens with zero attached hydrogens (tertiary/aromatic N) is 2. The summed E-state index contributed by atoms with van der Waals surface area (Å²) in [4.78, 5) is 0. The van der Waals surface area contributed by atoms with Gasteiger partial charge >= 0.3 is 0 Å². The van der Waals surface area contributed by atoms with E-state index in [1.165, 1.54) is 11.8 Å². The molecule has 23 heavy (non-hydrogen) atoms. The minimum Gasteiger partial charge on any atom is -0.411 e. The van der Waals surface area contributed by atoms with Crippen LogP contribution in [-0.2, 0) is 10.0 Å². The summed E-state index contributed by atoms with van der Waals surface area (Å²) in [6.07, 6.45) is 1.13. The number of hydrogen-bond acceptors (Lipinski definition) is 6. The van der Waals surface area contributed by atoms with Crippen LogP contribution in [0.2, 0.25) is 0 Å². The van der Waals surface area contributed by atoms with E-state index in [1.807, 2.05) is 42.5 Å². The predicted octanol–water partition coefficient (Wildman–Crippen LogP) is 2.53. The van der Waals surface area contributed by atoms with Gasteiger partial charge in [0.15, 0.2) is 0 Å². The van der Waals surface area contributed by atoms with E-state index in [9.17, 15) is 8.42 Å². The van der Waals surface area contributed by atoms with E-state index in [1.54, 1.807) is 0 Å². The molecule has 0 spiro atoms. The molecule has 0 atom stereocenters. The highest BCUT2D eigenvalue weighted by molar-refractivity contribution is 7.99. The Hall–Kier alpha value is -1.90. The Kier molecular flexibility index (Phi) is 4.65. The van der Waals surface area contributed by atoms with E-state index in [-0.39, 0.29) is 0 Å². The third-order valence-corrected chi connectivity index (χ3v) is 4.67. The topological polar surface area (TPSA) is 85.1 Å². The van der Waals surface area contributed by atoms with Crippen LogP contribution in [0.15, 0.2) is 52.1 Å². The molecule has 1 N–H and O–H groups in total. The van der Waals surface area contributed by atoms with Crippen molar-refractivity contribution in [2.75, 3.05) is 18.6 Å². The Bertz CT molecular complexity index is 917. The van der Waals surface area contributed by atoms with E-state index in [4.69, 9.17) is 4.42 Å². The lowest BCUT2D eigenvalue weighted by Crippen LogP contribution is -2.24. The van der Waals surface area contributed by atoms with Crippen LogP contribution in [0, 0.1) is 0 Å². The van der Waals surface area contributed by atoms with Gasteiger partial charge in [-0.15, -0.1) is 10.2 Å². The lowest BCUT2D eigenvalue weighted by Gasteiger charge is -2.02. The highest BCUT2D eigenvalue weighted by Crippen LogP contribution is 2.29. The molecule has 6 nitrogen and oxygen atoms in total. The maximum atomic E-state index is 11.0. The van der Waals surface area contributed by atoms with Crippen LogP contribution >= 0.6 is 11.8 Å². The fraction of sp³-hybridized carbons (Fsp3) is 0.200. The molecule has 1 aromatic heterocycles. The van der Waals surface area contributed by atoms with Crippen LogP contribution in [0.25, 0.3) is 22.2 Å². The zero-order valence-corrected chi connectivity index (χ0v) is 14.0. The molecule has 0 unspecified atom stereocenters. The van der Waals surface area contributed by atoms with Crippen molar-refractivity contribution in [3.8, 4) is 11.5 Å². The average molecular weight is 349 g/mol. The fourth-order valence-corrected chi connectivity index (χ4v) is 3.37. The van der Waals surface area contributed by atoms with Crippen molar-refractivity contribution in [1.29, 1.82) is 0 Å². The maximum Gasteiger partial charge on any atom is 0.276 e.